The Hall–Kier alpha value is -0.630. The van der Waals surface area contributed by atoms with Gasteiger partial charge in [-0.25, -0.2) is 0 Å². The van der Waals surface area contributed by atoms with Gasteiger partial charge in [-0.15, -0.1) is 0 Å². The number of carbonyl (C=O) groups is 1. The van der Waals surface area contributed by atoms with E-state index in [4.69, 9.17) is 0 Å². The number of allylic oxidation sites excluding steroid dienone is 1. The first-order valence-corrected chi connectivity index (χ1v) is 3.95. The maximum absolute atomic E-state index is 11.2. The number of hydrogen-bond donors (Lipinski definition) is 1. The van der Waals surface area contributed by atoms with Gasteiger partial charge in [0.1, 0.15) is 0 Å². The fraction of sp³-hybridized carbons (Fsp3) is 0.667. The summed E-state index contributed by atoms with van der Waals surface area (Å²) in [5, 5.41) is 3.01. The van der Waals surface area contributed by atoms with Crippen LogP contribution in [0.1, 0.15) is 20.3 Å². The lowest BCUT2D eigenvalue weighted by atomic mass is 9.80. The number of hydrogen-bond acceptors (Lipinski definition) is 2. The van der Waals surface area contributed by atoms with Crippen LogP contribution < -0.4 is 5.32 Å². The molecule has 0 bridgehead atoms. The minimum Gasteiger partial charge on any atom is -0.310 e. The molecule has 2 nitrogen and oxygen atoms in total. The molecule has 1 unspecified atom stereocenters. The predicted octanol–water partition coefficient (Wildman–Crippen LogP) is 1.13. The van der Waals surface area contributed by atoms with Gasteiger partial charge in [0.25, 0.3) is 0 Å². The van der Waals surface area contributed by atoms with E-state index in [0.717, 1.165) is 6.42 Å². The molecule has 0 spiro atoms. The molecule has 0 heterocycles. The van der Waals surface area contributed by atoms with E-state index >= 15 is 0 Å². The Morgan fingerprint density at radius 2 is 2.27 bits per heavy atom. The molecule has 1 aliphatic carbocycles. The summed E-state index contributed by atoms with van der Waals surface area (Å²) < 4.78 is 0. The maximum Gasteiger partial charge on any atom is 0.172 e. The lowest BCUT2D eigenvalue weighted by molar-refractivity contribution is -0.117. The number of rotatable bonds is 1. The van der Waals surface area contributed by atoms with Gasteiger partial charge < -0.3 is 5.32 Å². The zero-order valence-electron chi connectivity index (χ0n) is 7.35. The SMILES string of the molecule is CNC1CC(C)(C)C=CC1=O. The smallest absolute Gasteiger partial charge is 0.172 e. The first-order chi connectivity index (χ1) is 5.05. The van der Waals surface area contributed by atoms with Crippen LogP contribution in [-0.2, 0) is 4.79 Å². The van der Waals surface area contributed by atoms with E-state index in [-0.39, 0.29) is 17.2 Å². The van der Waals surface area contributed by atoms with E-state index in [9.17, 15) is 4.79 Å². The average Bonchev–Trinajstić information content (AvgIpc) is 1.94. The van der Waals surface area contributed by atoms with Crippen LogP contribution >= 0.6 is 0 Å². The van der Waals surface area contributed by atoms with Crippen molar-refractivity contribution in [2.45, 2.75) is 26.3 Å². The molecule has 0 aromatic carbocycles. The van der Waals surface area contributed by atoms with Gasteiger partial charge in [-0.2, -0.15) is 0 Å². The molecule has 1 atom stereocenters. The zero-order chi connectivity index (χ0) is 8.48. The molecule has 0 saturated carbocycles. The average molecular weight is 153 g/mol. The molecule has 0 aromatic heterocycles. The largest absolute Gasteiger partial charge is 0.310 e. The van der Waals surface area contributed by atoms with Crippen molar-refractivity contribution in [3.05, 3.63) is 12.2 Å². The highest BCUT2D eigenvalue weighted by Crippen LogP contribution is 2.27. The Balaban J connectivity index is 2.75. The molecule has 0 fully saturated rings. The first kappa shape index (κ1) is 8.47. The van der Waals surface area contributed by atoms with E-state index in [1.165, 1.54) is 0 Å². The van der Waals surface area contributed by atoms with Crippen molar-refractivity contribution in [2.24, 2.45) is 5.41 Å². The second-order valence-electron chi connectivity index (χ2n) is 3.77. The fourth-order valence-electron chi connectivity index (χ4n) is 1.36. The lowest BCUT2D eigenvalue weighted by Crippen LogP contribution is -2.39. The van der Waals surface area contributed by atoms with Crippen molar-refractivity contribution in [3.63, 3.8) is 0 Å². The van der Waals surface area contributed by atoms with Crippen LogP contribution in [-0.4, -0.2) is 18.9 Å². The van der Waals surface area contributed by atoms with Crippen molar-refractivity contribution in [1.29, 1.82) is 0 Å². The first-order valence-electron chi connectivity index (χ1n) is 3.95. The summed E-state index contributed by atoms with van der Waals surface area (Å²) in [6.45, 7) is 4.28. The molecule has 1 aliphatic rings. The highest BCUT2D eigenvalue weighted by Gasteiger charge is 2.27. The molecule has 0 aliphatic heterocycles. The standard InChI is InChI=1S/C9H15NO/c1-9(2)5-4-8(11)7(6-9)10-3/h4-5,7,10H,6H2,1-3H3. The summed E-state index contributed by atoms with van der Waals surface area (Å²) in [6, 6.07) is 0.0231. The van der Waals surface area contributed by atoms with Crippen molar-refractivity contribution in [2.75, 3.05) is 7.05 Å². The molecule has 11 heavy (non-hydrogen) atoms. The van der Waals surface area contributed by atoms with Gasteiger partial charge in [-0.3, -0.25) is 4.79 Å². The summed E-state index contributed by atoms with van der Waals surface area (Å²) in [5.74, 6) is 0.201. The fourth-order valence-corrected chi connectivity index (χ4v) is 1.36. The molecule has 0 saturated heterocycles. The van der Waals surface area contributed by atoms with Crippen LogP contribution in [0.25, 0.3) is 0 Å². The number of likely N-dealkylation sites (N-methyl/N-ethyl adjacent to an activating group) is 1. The third-order valence-corrected chi connectivity index (χ3v) is 2.12. The highest BCUT2D eigenvalue weighted by atomic mass is 16.1. The number of carbonyl (C=O) groups excluding carboxylic acids is 1. The van der Waals surface area contributed by atoms with Gasteiger partial charge in [0.05, 0.1) is 6.04 Å². The molecule has 2 heteroatoms. The third-order valence-electron chi connectivity index (χ3n) is 2.12. The van der Waals surface area contributed by atoms with Gasteiger partial charge in [-0.1, -0.05) is 19.9 Å². The van der Waals surface area contributed by atoms with E-state index in [1.807, 2.05) is 13.1 Å². The molecule has 62 valence electrons. The van der Waals surface area contributed by atoms with Crippen molar-refractivity contribution < 1.29 is 4.79 Å². The van der Waals surface area contributed by atoms with Crippen molar-refractivity contribution in [3.8, 4) is 0 Å². The second-order valence-corrected chi connectivity index (χ2v) is 3.77. The topological polar surface area (TPSA) is 29.1 Å². The Kier molecular flexibility index (Phi) is 2.14. The molecule has 1 N–H and O–H groups in total. The number of ketones is 1. The Labute approximate surface area is 67.7 Å². The van der Waals surface area contributed by atoms with Crippen LogP contribution in [0.15, 0.2) is 12.2 Å². The summed E-state index contributed by atoms with van der Waals surface area (Å²) in [5.41, 5.74) is 0.168. The molecule has 0 radical (unpaired) electrons. The van der Waals surface area contributed by atoms with E-state index in [2.05, 4.69) is 19.2 Å². The Bertz CT molecular complexity index is 194. The van der Waals surface area contributed by atoms with Crippen LogP contribution in [0, 0.1) is 5.41 Å². The van der Waals surface area contributed by atoms with Gasteiger partial charge in [0.2, 0.25) is 0 Å². The quantitative estimate of drug-likeness (QED) is 0.612. The molecular weight excluding hydrogens is 138 g/mol. The summed E-state index contributed by atoms with van der Waals surface area (Å²) in [4.78, 5) is 11.2. The molecular formula is C9H15NO. The summed E-state index contributed by atoms with van der Waals surface area (Å²) >= 11 is 0. The van der Waals surface area contributed by atoms with E-state index < -0.39 is 0 Å². The monoisotopic (exact) mass is 153 g/mol. The third kappa shape index (κ3) is 1.90. The Morgan fingerprint density at radius 1 is 1.64 bits per heavy atom. The zero-order valence-corrected chi connectivity index (χ0v) is 7.35. The molecule has 0 amide bonds. The van der Waals surface area contributed by atoms with Crippen molar-refractivity contribution in [1.82, 2.24) is 5.32 Å². The molecule has 1 rings (SSSR count). The molecule has 0 aromatic rings. The minimum absolute atomic E-state index is 0.0231. The Morgan fingerprint density at radius 3 is 2.73 bits per heavy atom. The van der Waals surface area contributed by atoms with Gasteiger partial charge in [-0.05, 0) is 25.0 Å². The normalized spacial score (nSPS) is 29.0. The number of nitrogens with one attached hydrogen (secondary N) is 1. The van der Waals surface area contributed by atoms with Crippen LogP contribution in [0.5, 0.6) is 0 Å². The van der Waals surface area contributed by atoms with Crippen LogP contribution in [0.3, 0.4) is 0 Å². The van der Waals surface area contributed by atoms with Gasteiger partial charge in [0.15, 0.2) is 5.78 Å². The van der Waals surface area contributed by atoms with Gasteiger partial charge in [0, 0.05) is 0 Å². The van der Waals surface area contributed by atoms with Gasteiger partial charge >= 0.3 is 0 Å². The van der Waals surface area contributed by atoms with E-state index in [1.54, 1.807) is 6.08 Å². The van der Waals surface area contributed by atoms with Crippen LogP contribution in [0.4, 0.5) is 0 Å². The minimum atomic E-state index is 0.0231. The van der Waals surface area contributed by atoms with E-state index in [0.29, 0.717) is 0 Å². The summed E-state index contributed by atoms with van der Waals surface area (Å²) in [6.07, 6.45) is 4.58. The van der Waals surface area contributed by atoms with Crippen molar-refractivity contribution >= 4 is 5.78 Å². The second kappa shape index (κ2) is 2.78. The predicted molar refractivity (Wildman–Crippen MR) is 45.4 cm³/mol. The maximum atomic E-state index is 11.2. The lowest BCUT2D eigenvalue weighted by Gasteiger charge is -2.28. The van der Waals surface area contributed by atoms with Crippen LogP contribution in [0.2, 0.25) is 0 Å². The highest BCUT2D eigenvalue weighted by molar-refractivity contribution is 5.95. The summed E-state index contributed by atoms with van der Waals surface area (Å²) in [7, 11) is 1.83.